The lowest BCUT2D eigenvalue weighted by Gasteiger charge is -2.50. The highest BCUT2D eigenvalue weighted by molar-refractivity contribution is 5.95. The molecule has 142 valence electrons. The summed E-state index contributed by atoms with van der Waals surface area (Å²) in [4.78, 5) is 44.0. The fourth-order valence-electron chi connectivity index (χ4n) is 3.92. The number of fused-ring (bicyclic) bond motifs is 1. The zero-order chi connectivity index (χ0) is 19.3. The molecule has 8 nitrogen and oxygen atoms in total. The quantitative estimate of drug-likeness (QED) is 0.586. The Bertz CT molecular complexity index is 824. The van der Waals surface area contributed by atoms with Gasteiger partial charge in [-0.15, -0.1) is 0 Å². The number of benzene rings is 1. The van der Waals surface area contributed by atoms with Gasteiger partial charge in [0.1, 0.15) is 6.04 Å². The maximum absolute atomic E-state index is 13.1. The summed E-state index contributed by atoms with van der Waals surface area (Å²) in [6.07, 6.45) is 0.162. The molecule has 0 saturated carbocycles. The second kappa shape index (κ2) is 6.38. The van der Waals surface area contributed by atoms with Crippen molar-refractivity contribution in [1.82, 2.24) is 15.1 Å². The highest BCUT2D eigenvalue weighted by Gasteiger charge is 2.61. The summed E-state index contributed by atoms with van der Waals surface area (Å²) in [7, 11) is 0. The van der Waals surface area contributed by atoms with E-state index in [4.69, 9.17) is 9.57 Å². The summed E-state index contributed by atoms with van der Waals surface area (Å²) in [5.41, 5.74) is 1.35. The molecule has 0 N–H and O–H groups in total. The number of hydroxylamine groups is 2. The third-order valence-corrected chi connectivity index (χ3v) is 5.23. The van der Waals surface area contributed by atoms with Gasteiger partial charge in [-0.2, -0.15) is 5.01 Å². The van der Waals surface area contributed by atoms with Crippen LogP contribution in [0.15, 0.2) is 42.0 Å². The maximum Gasteiger partial charge on any atom is 0.431 e. The lowest BCUT2D eigenvalue weighted by Crippen LogP contribution is -2.71. The van der Waals surface area contributed by atoms with Crippen LogP contribution in [0.2, 0.25) is 0 Å². The largest absolute Gasteiger partial charge is 0.448 e. The van der Waals surface area contributed by atoms with Crippen LogP contribution >= 0.6 is 0 Å². The van der Waals surface area contributed by atoms with Crippen LogP contribution in [0.1, 0.15) is 31.1 Å². The Morgan fingerprint density at radius 2 is 1.93 bits per heavy atom. The number of rotatable bonds is 2. The minimum atomic E-state index is -0.922. The average molecular weight is 371 g/mol. The topological polar surface area (TPSA) is 79.4 Å². The number of carbonyl (C=O) groups excluding carboxylic acids is 3. The second-order valence-corrected chi connectivity index (χ2v) is 6.85. The van der Waals surface area contributed by atoms with Gasteiger partial charge in [0.25, 0.3) is 5.91 Å². The average Bonchev–Trinajstić information content (AvgIpc) is 2.88. The van der Waals surface area contributed by atoms with Gasteiger partial charge in [0, 0.05) is 5.56 Å². The molecule has 1 aromatic rings. The van der Waals surface area contributed by atoms with Crippen LogP contribution in [0.5, 0.6) is 0 Å². The number of amides is 3. The molecule has 4 heterocycles. The summed E-state index contributed by atoms with van der Waals surface area (Å²) in [5, 5.41) is 3.86. The third-order valence-electron chi connectivity index (χ3n) is 5.23. The van der Waals surface area contributed by atoms with Gasteiger partial charge in [0.05, 0.1) is 18.6 Å². The smallest absolute Gasteiger partial charge is 0.431 e. The van der Waals surface area contributed by atoms with E-state index < -0.39 is 24.4 Å². The highest BCUT2D eigenvalue weighted by Crippen LogP contribution is 2.43. The maximum atomic E-state index is 13.1. The molecule has 0 aromatic heterocycles. The van der Waals surface area contributed by atoms with E-state index in [0.717, 1.165) is 5.57 Å². The molecule has 2 bridgehead atoms. The Balaban J connectivity index is 1.75. The highest BCUT2D eigenvalue weighted by atomic mass is 16.7. The molecule has 0 spiro atoms. The molecule has 8 heteroatoms. The van der Waals surface area contributed by atoms with Crippen molar-refractivity contribution < 1.29 is 24.0 Å². The van der Waals surface area contributed by atoms with Crippen molar-refractivity contribution in [1.29, 1.82) is 0 Å². The van der Waals surface area contributed by atoms with E-state index in [1.165, 1.54) is 15.1 Å². The number of β-lactam (4-membered cyclic amide) rings is 1. The van der Waals surface area contributed by atoms with Crippen LogP contribution in [0.3, 0.4) is 0 Å². The van der Waals surface area contributed by atoms with Gasteiger partial charge in [-0.1, -0.05) is 25.1 Å². The predicted octanol–water partition coefficient (Wildman–Crippen LogP) is 1.95. The summed E-state index contributed by atoms with van der Waals surface area (Å²) >= 11 is 0. The van der Waals surface area contributed by atoms with E-state index in [-0.39, 0.29) is 24.3 Å². The zero-order valence-corrected chi connectivity index (χ0v) is 15.4. The fourth-order valence-corrected chi connectivity index (χ4v) is 3.92. The van der Waals surface area contributed by atoms with Gasteiger partial charge in [-0.25, -0.2) is 19.7 Å². The third kappa shape index (κ3) is 2.51. The molecule has 2 saturated heterocycles. The molecule has 2 fully saturated rings. The van der Waals surface area contributed by atoms with Gasteiger partial charge in [-0.3, -0.25) is 9.59 Å². The normalized spacial score (nSPS) is 28.9. The van der Waals surface area contributed by atoms with E-state index in [9.17, 15) is 14.4 Å². The molecule has 3 amide bonds. The van der Waals surface area contributed by atoms with Crippen molar-refractivity contribution in [2.45, 2.75) is 39.1 Å². The molecule has 1 aromatic carbocycles. The van der Waals surface area contributed by atoms with Gasteiger partial charge in [0.15, 0.2) is 0 Å². The molecule has 4 atom stereocenters. The Kier molecular flexibility index (Phi) is 4.15. The molecular formula is C19H21N3O5. The first-order valence-corrected chi connectivity index (χ1v) is 8.98. The minimum absolute atomic E-state index is 0.170. The van der Waals surface area contributed by atoms with Crippen molar-refractivity contribution in [3.8, 4) is 0 Å². The zero-order valence-electron chi connectivity index (χ0n) is 15.4. The molecule has 0 radical (unpaired) electrons. The SMILES string of the molecule is CCOC(=O)N1[C@H]2C=C(C)[C@@H]([C@H]3[C@@H](C)C(=O)N31)N(C(=O)c1ccccc1)O2. The van der Waals surface area contributed by atoms with Crippen molar-refractivity contribution >= 4 is 17.9 Å². The first kappa shape index (κ1) is 17.5. The van der Waals surface area contributed by atoms with Crippen LogP contribution in [0.25, 0.3) is 0 Å². The number of ether oxygens (including phenoxy) is 1. The number of hydrazine groups is 1. The number of carbonyl (C=O) groups is 3. The van der Waals surface area contributed by atoms with Crippen molar-refractivity contribution in [2.75, 3.05) is 6.61 Å². The summed E-state index contributed by atoms with van der Waals surface area (Å²) < 4.78 is 5.12. The number of hydrogen-bond donors (Lipinski definition) is 0. The molecule has 4 aliphatic heterocycles. The molecular weight excluding hydrogens is 350 g/mol. The second-order valence-electron chi connectivity index (χ2n) is 6.85. The summed E-state index contributed by atoms with van der Waals surface area (Å²) in [6.45, 7) is 5.54. The molecule has 0 aliphatic carbocycles. The Labute approximate surface area is 156 Å². The van der Waals surface area contributed by atoms with Crippen LogP contribution < -0.4 is 0 Å². The van der Waals surface area contributed by atoms with E-state index in [1.807, 2.05) is 13.0 Å². The van der Waals surface area contributed by atoms with Crippen LogP contribution in [0.4, 0.5) is 4.79 Å². The molecule has 5 rings (SSSR count). The van der Waals surface area contributed by atoms with E-state index in [2.05, 4.69) is 0 Å². The van der Waals surface area contributed by atoms with E-state index in [0.29, 0.717) is 5.56 Å². The Morgan fingerprint density at radius 3 is 2.59 bits per heavy atom. The van der Waals surface area contributed by atoms with E-state index in [1.54, 1.807) is 44.2 Å². The van der Waals surface area contributed by atoms with Gasteiger partial charge >= 0.3 is 6.09 Å². The van der Waals surface area contributed by atoms with Gasteiger partial charge in [-0.05, 0) is 37.6 Å². The minimum Gasteiger partial charge on any atom is -0.448 e. The fraction of sp³-hybridized carbons (Fsp3) is 0.421. The Hall–Kier alpha value is -2.87. The number of nitrogens with zero attached hydrogens (tertiary/aromatic N) is 3. The molecule has 4 aliphatic rings. The first-order chi connectivity index (χ1) is 13.0. The first-order valence-electron chi connectivity index (χ1n) is 8.98. The molecule has 27 heavy (non-hydrogen) atoms. The standard InChI is InChI=1S/C19H21N3O5/c1-4-26-19(25)20-14-10-11(2)15(16-12(3)17(23)21(16)20)22(27-14)18(24)13-8-6-5-7-9-13/h5-10,12,14-16H,4H2,1-3H3/t12-,14-,15+,16-/m1/s1. The van der Waals surface area contributed by atoms with E-state index >= 15 is 0 Å². The van der Waals surface area contributed by atoms with Crippen molar-refractivity contribution in [3.05, 3.63) is 47.5 Å². The van der Waals surface area contributed by atoms with Crippen LogP contribution in [0, 0.1) is 5.92 Å². The predicted molar refractivity (Wildman–Crippen MR) is 93.7 cm³/mol. The summed E-state index contributed by atoms with van der Waals surface area (Å²) in [6, 6.07) is 7.93. The Morgan fingerprint density at radius 1 is 1.22 bits per heavy atom. The number of hydrogen-bond acceptors (Lipinski definition) is 5. The van der Waals surface area contributed by atoms with Gasteiger partial charge < -0.3 is 4.74 Å². The molecule has 0 unspecified atom stereocenters. The lowest BCUT2D eigenvalue weighted by molar-refractivity contribution is -0.213. The van der Waals surface area contributed by atoms with Crippen LogP contribution in [-0.4, -0.2) is 57.9 Å². The van der Waals surface area contributed by atoms with Crippen LogP contribution in [-0.2, 0) is 14.4 Å². The lowest BCUT2D eigenvalue weighted by atomic mass is 9.82. The van der Waals surface area contributed by atoms with Crippen molar-refractivity contribution in [2.24, 2.45) is 5.92 Å². The monoisotopic (exact) mass is 371 g/mol. The van der Waals surface area contributed by atoms with Crippen molar-refractivity contribution in [3.63, 3.8) is 0 Å². The van der Waals surface area contributed by atoms with Gasteiger partial charge in [0.2, 0.25) is 12.1 Å². The summed E-state index contributed by atoms with van der Waals surface area (Å²) in [5.74, 6) is -0.846.